The summed E-state index contributed by atoms with van der Waals surface area (Å²) in [4.78, 5) is 45.1. The molecule has 1 saturated heterocycles. The first kappa shape index (κ1) is 34.0. The van der Waals surface area contributed by atoms with Crippen molar-refractivity contribution in [3.8, 4) is 0 Å². The molecule has 254 valence electrons. The highest BCUT2D eigenvalue weighted by atomic mass is 35.5. The van der Waals surface area contributed by atoms with Crippen molar-refractivity contribution in [1.82, 2.24) is 4.90 Å². The number of likely N-dealkylation sites (tertiary alicyclic amines) is 1. The molecule has 0 aromatic heterocycles. The molecular weight excluding hydrogens is 672 g/mol. The zero-order chi connectivity index (χ0) is 35.5. The molecule has 4 atom stereocenters. The summed E-state index contributed by atoms with van der Waals surface area (Å²) in [6.45, 7) is 3.50. The number of alkyl halides is 6. The van der Waals surface area contributed by atoms with E-state index in [4.69, 9.17) is 11.6 Å². The second kappa shape index (κ2) is 12.2. The number of urea groups is 1. The van der Waals surface area contributed by atoms with Gasteiger partial charge in [0, 0.05) is 39.5 Å². The second-order valence-electron chi connectivity index (χ2n) is 12.4. The highest BCUT2D eigenvalue weighted by Crippen LogP contribution is 2.60. The third kappa shape index (κ3) is 5.81. The molecule has 0 aliphatic carbocycles. The SMILES string of the molecule is CC(C)C1C(c2ccc(Cl)cc2)C(C(=O)c2ccccc2)C2(C(=O)Nc3ccccc32)N1C(=O)Nc1cc(C(F)(F)F)cc(C(F)(F)F)c1. The lowest BCUT2D eigenvalue weighted by Gasteiger charge is -2.40. The Morgan fingerprint density at radius 2 is 1.41 bits per heavy atom. The van der Waals surface area contributed by atoms with Crippen molar-refractivity contribution in [3.63, 3.8) is 0 Å². The van der Waals surface area contributed by atoms with Gasteiger partial charge in [-0.25, -0.2) is 4.79 Å². The maximum absolute atomic E-state index is 14.8. The average molecular weight is 700 g/mol. The van der Waals surface area contributed by atoms with Crippen molar-refractivity contribution in [3.05, 3.63) is 130 Å². The van der Waals surface area contributed by atoms with Crippen LogP contribution in [0.2, 0.25) is 5.02 Å². The summed E-state index contributed by atoms with van der Waals surface area (Å²) in [7, 11) is 0. The van der Waals surface area contributed by atoms with Gasteiger partial charge in [-0.3, -0.25) is 9.59 Å². The van der Waals surface area contributed by atoms with E-state index in [-0.39, 0.29) is 17.2 Å². The normalized spacial score (nSPS) is 22.0. The van der Waals surface area contributed by atoms with Gasteiger partial charge in [0.05, 0.1) is 17.0 Å². The third-order valence-electron chi connectivity index (χ3n) is 9.12. The zero-order valence-electron chi connectivity index (χ0n) is 25.9. The Kier molecular flexibility index (Phi) is 8.50. The Morgan fingerprint density at radius 1 is 0.837 bits per heavy atom. The fourth-order valence-electron chi connectivity index (χ4n) is 7.24. The van der Waals surface area contributed by atoms with Crippen molar-refractivity contribution < 1.29 is 40.7 Å². The molecule has 6 nitrogen and oxygen atoms in total. The number of nitrogens with zero attached hydrogens (tertiary/aromatic N) is 1. The largest absolute Gasteiger partial charge is 0.416 e. The van der Waals surface area contributed by atoms with Gasteiger partial charge < -0.3 is 15.5 Å². The summed E-state index contributed by atoms with van der Waals surface area (Å²) in [5, 5.41) is 5.42. The topological polar surface area (TPSA) is 78.5 Å². The number of para-hydroxylation sites is 1. The minimum Gasteiger partial charge on any atom is -0.323 e. The van der Waals surface area contributed by atoms with Gasteiger partial charge in [-0.05, 0) is 47.9 Å². The van der Waals surface area contributed by atoms with Gasteiger partial charge >= 0.3 is 18.4 Å². The molecule has 2 aliphatic rings. The molecule has 4 aromatic carbocycles. The van der Waals surface area contributed by atoms with Crippen molar-refractivity contribution in [2.45, 2.75) is 43.7 Å². The van der Waals surface area contributed by atoms with E-state index in [0.29, 0.717) is 28.4 Å². The van der Waals surface area contributed by atoms with Gasteiger partial charge in [0.1, 0.15) is 0 Å². The molecule has 2 aliphatic heterocycles. The molecule has 1 spiro atoms. The summed E-state index contributed by atoms with van der Waals surface area (Å²) in [6.07, 6.45) is -10.3. The van der Waals surface area contributed by atoms with Crippen LogP contribution in [-0.4, -0.2) is 28.7 Å². The number of carbonyl (C=O) groups excluding carboxylic acids is 3. The Labute approximate surface area is 282 Å². The number of Topliss-reactive ketones (excluding diaryl/α,β-unsaturated/α-hetero) is 1. The number of fused-ring (bicyclic) bond motifs is 2. The highest BCUT2D eigenvalue weighted by molar-refractivity contribution is 6.30. The van der Waals surface area contributed by atoms with Crippen LogP contribution in [0, 0.1) is 11.8 Å². The summed E-state index contributed by atoms with van der Waals surface area (Å²) < 4.78 is 82.7. The Hall–Kier alpha value is -4.84. The fraction of sp³-hybridized carbons (Fsp3) is 0.250. The molecule has 13 heteroatoms. The maximum Gasteiger partial charge on any atom is 0.416 e. The minimum absolute atomic E-state index is 0.0459. The number of benzene rings is 4. The molecular formula is C36H28ClF6N3O3. The first-order valence-corrected chi connectivity index (χ1v) is 15.6. The van der Waals surface area contributed by atoms with Crippen LogP contribution in [0.25, 0.3) is 0 Å². The molecule has 4 unspecified atom stereocenters. The molecule has 0 saturated carbocycles. The van der Waals surface area contributed by atoms with E-state index in [1.54, 1.807) is 92.7 Å². The lowest BCUT2D eigenvalue weighted by molar-refractivity contribution is -0.143. The number of anilines is 2. The lowest BCUT2D eigenvalue weighted by Crippen LogP contribution is -2.58. The summed E-state index contributed by atoms with van der Waals surface area (Å²) in [5.41, 5.74) is -4.80. The van der Waals surface area contributed by atoms with E-state index in [1.165, 1.54) is 0 Å². The van der Waals surface area contributed by atoms with Crippen LogP contribution in [0.3, 0.4) is 0 Å². The predicted molar refractivity (Wildman–Crippen MR) is 171 cm³/mol. The van der Waals surface area contributed by atoms with Crippen molar-refractivity contribution in [2.24, 2.45) is 11.8 Å². The zero-order valence-corrected chi connectivity index (χ0v) is 26.6. The molecule has 3 amide bonds. The average Bonchev–Trinajstić information content (AvgIpc) is 3.53. The summed E-state index contributed by atoms with van der Waals surface area (Å²) >= 11 is 6.22. The molecule has 4 aromatic rings. The van der Waals surface area contributed by atoms with E-state index in [1.807, 2.05) is 0 Å². The van der Waals surface area contributed by atoms with Crippen LogP contribution in [0.15, 0.2) is 97.1 Å². The Balaban J connectivity index is 1.62. The number of carbonyl (C=O) groups is 3. The molecule has 0 bridgehead atoms. The molecule has 2 heterocycles. The van der Waals surface area contributed by atoms with E-state index >= 15 is 0 Å². The number of nitrogens with one attached hydrogen (secondary N) is 2. The molecule has 49 heavy (non-hydrogen) atoms. The van der Waals surface area contributed by atoms with Crippen LogP contribution in [0.1, 0.15) is 52.4 Å². The Morgan fingerprint density at radius 3 is 1.98 bits per heavy atom. The van der Waals surface area contributed by atoms with Gasteiger partial charge in [-0.1, -0.05) is 86.1 Å². The number of amides is 3. The standard InChI is InChI=1S/C36H28ClF6N3O3/c1-19(2)30-28(20-12-14-24(37)15-13-20)29(31(47)21-8-4-3-5-9-21)34(26-10-6-7-11-27(26)45-32(34)48)46(30)33(49)44-25-17-22(35(38,39)40)16-23(18-25)36(41,42)43/h3-19,28-30H,1-2H3,(H,44,49)(H,45,48). The minimum atomic E-state index is -5.17. The Bertz CT molecular complexity index is 1900. The van der Waals surface area contributed by atoms with Gasteiger partial charge in [0.2, 0.25) is 0 Å². The monoisotopic (exact) mass is 699 g/mol. The smallest absolute Gasteiger partial charge is 0.323 e. The van der Waals surface area contributed by atoms with E-state index in [2.05, 4.69) is 10.6 Å². The van der Waals surface area contributed by atoms with Crippen LogP contribution < -0.4 is 10.6 Å². The molecule has 0 radical (unpaired) electrons. The van der Waals surface area contributed by atoms with Gasteiger partial charge in [-0.15, -0.1) is 0 Å². The number of rotatable bonds is 5. The van der Waals surface area contributed by atoms with Gasteiger partial charge in [-0.2, -0.15) is 26.3 Å². The van der Waals surface area contributed by atoms with Crippen molar-refractivity contribution >= 4 is 40.7 Å². The lowest BCUT2D eigenvalue weighted by atomic mass is 9.68. The van der Waals surface area contributed by atoms with Crippen LogP contribution >= 0.6 is 11.6 Å². The fourth-order valence-corrected chi connectivity index (χ4v) is 7.37. The number of halogens is 7. The number of hydrogen-bond acceptors (Lipinski definition) is 3. The maximum atomic E-state index is 14.8. The molecule has 1 fully saturated rings. The summed E-state index contributed by atoms with van der Waals surface area (Å²) in [6, 6.07) is 19.7. The van der Waals surface area contributed by atoms with Crippen LogP contribution in [0.5, 0.6) is 0 Å². The first-order chi connectivity index (χ1) is 23.0. The summed E-state index contributed by atoms with van der Waals surface area (Å²) in [5.74, 6) is -3.93. The van der Waals surface area contributed by atoms with Crippen LogP contribution in [-0.2, 0) is 22.7 Å². The highest BCUT2D eigenvalue weighted by Gasteiger charge is 2.70. The molecule has 6 rings (SSSR count). The number of ketones is 1. The van der Waals surface area contributed by atoms with E-state index in [0.717, 1.165) is 4.90 Å². The van der Waals surface area contributed by atoms with Gasteiger partial charge in [0.15, 0.2) is 11.3 Å². The predicted octanol–water partition coefficient (Wildman–Crippen LogP) is 9.38. The van der Waals surface area contributed by atoms with Gasteiger partial charge in [0.25, 0.3) is 5.91 Å². The first-order valence-electron chi connectivity index (χ1n) is 15.2. The van der Waals surface area contributed by atoms with E-state index in [9.17, 15) is 40.7 Å². The number of hydrogen-bond donors (Lipinski definition) is 2. The van der Waals surface area contributed by atoms with Crippen molar-refractivity contribution in [1.29, 1.82) is 0 Å². The third-order valence-corrected chi connectivity index (χ3v) is 9.38. The molecule has 2 N–H and O–H groups in total. The van der Waals surface area contributed by atoms with Crippen molar-refractivity contribution in [2.75, 3.05) is 10.6 Å². The van der Waals surface area contributed by atoms with E-state index < -0.39 is 76.2 Å². The quantitative estimate of drug-likeness (QED) is 0.161. The van der Waals surface area contributed by atoms with Crippen LogP contribution in [0.4, 0.5) is 42.5 Å². The second-order valence-corrected chi connectivity index (χ2v) is 12.8.